The number of nitrogens with two attached hydrogens (primary N) is 1. The summed E-state index contributed by atoms with van der Waals surface area (Å²) >= 11 is 1.16. The van der Waals surface area contributed by atoms with Gasteiger partial charge >= 0.3 is 0 Å². The molecule has 0 atom stereocenters. The van der Waals surface area contributed by atoms with E-state index in [9.17, 15) is 14.9 Å². The van der Waals surface area contributed by atoms with Gasteiger partial charge in [-0.1, -0.05) is 0 Å². The molecule has 0 unspecified atom stereocenters. The fourth-order valence-corrected chi connectivity index (χ4v) is 1.78. The lowest BCUT2D eigenvalue weighted by Crippen LogP contribution is -2.15. The first kappa shape index (κ1) is 14.5. The van der Waals surface area contributed by atoms with Crippen LogP contribution in [-0.4, -0.2) is 17.1 Å². The third kappa shape index (κ3) is 3.72. The molecular weight excluding hydrogens is 268 g/mol. The second kappa shape index (κ2) is 6.42. The zero-order valence-corrected chi connectivity index (χ0v) is 10.7. The van der Waals surface area contributed by atoms with Crippen LogP contribution >= 0.6 is 11.8 Å². The maximum absolute atomic E-state index is 11.1. The first-order chi connectivity index (χ1) is 8.99. The molecule has 0 aliphatic carbocycles. The van der Waals surface area contributed by atoms with E-state index >= 15 is 0 Å². The summed E-state index contributed by atoms with van der Waals surface area (Å²) in [6.45, 7) is 6.90. The summed E-state index contributed by atoms with van der Waals surface area (Å²) in [5, 5.41) is 13.6. The minimum Gasteiger partial charge on any atom is -0.375 e. The molecule has 19 heavy (non-hydrogen) atoms. The summed E-state index contributed by atoms with van der Waals surface area (Å²) in [5.41, 5.74) is 5.37. The van der Waals surface area contributed by atoms with Crippen molar-refractivity contribution in [1.29, 1.82) is 0 Å². The molecule has 0 aliphatic heterocycles. The van der Waals surface area contributed by atoms with Crippen LogP contribution in [0.15, 0.2) is 35.0 Å². The third-order valence-corrected chi connectivity index (χ3v) is 2.80. The quantitative estimate of drug-likeness (QED) is 0.371. The molecule has 7 nitrogen and oxygen atoms in total. The summed E-state index contributed by atoms with van der Waals surface area (Å²) in [7, 11) is 0. The average Bonchev–Trinajstić information content (AvgIpc) is 2.38. The van der Waals surface area contributed by atoms with Crippen molar-refractivity contribution in [3.05, 3.63) is 56.5 Å². The highest BCUT2D eigenvalue weighted by Gasteiger charge is 2.13. The topological polar surface area (TPSA) is 103 Å². The summed E-state index contributed by atoms with van der Waals surface area (Å²) in [6, 6.07) is 5.61. The van der Waals surface area contributed by atoms with Gasteiger partial charge in [-0.15, -0.1) is 11.8 Å². The van der Waals surface area contributed by atoms with E-state index in [4.69, 9.17) is 12.3 Å². The second-order valence-corrected chi connectivity index (χ2v) is 4.10. The molecule has 0 spiro atoms. The number of thioether (sulfide) groups is 1. The highest BCUT2D eigenvalue weighted by Crippen LogP contribution is 2.23. The molecule has 1 rings (SSSR count). The molecule has 98 valence electrons. The Kier molecular flexibility index (Phi) is 4.91. The fraction of sp³-hybridized carbons (Fsp3) is 0.0909. The van der Waals surface area contributed by atoms with E-state index in [1.165, 1.54) is 24.3 Å². The van der Waals surface area contributed by atoms with Gasteiger partial charge in [0.25, 0.3) is 11.4 Å². The third-order valence-electron chi connectivity index (χ3n) is 2.10. The van der Waals surface area contributed by atoms with E-state index < -0.39 is 10.8 Å². The number of hydrogen-bond donors (Lipinski definition) is 2. The number of hydrogen-bond acceptors (Lipinski definition) is 5. The van der Waals surface area contributed by atoms with Gasteiger partial charge in [0.2, 0.25) is 5.91 Å². The number of amides is 1. The predicted molar refractivity (Wildman–Crippen MR) is 73.1 cm³/mol. The van der Waals surface area contributed by atoms with Crippen molar-refractivity contribution in [2.45, 2.75) is 0 Å². The Hall–Kier alpha value is -2.53. The number of anilines is 1. The van der Waals surface area contributed by atoms with Crippen LogP contribution in [0.1, 0.15) is 0 Å². The van der Waals surface area contributed by atoms with Crippen LogP contribution in [0, 0.1) is 16.7 Å². The molecule has 0 radical (unpaired) electrons. The number of rotatable bonds is 5. The van der Waals surface area contributed by atoms with Gasteiger partial charge in [-0.2, -0.15) is 0 Å². The number of primary amides is 1. The van der Waals surface area contributed by atoms with Gasteiger partial charge in [0, 0.05) is 17.8 Å². The zero-order chi connectivity index (χ0) is 14.4. The zero-order valence-electron chi connectivity index (χ0n) is 9.91. The molecule has 0 aliphatic rings. The Balaban J connectivity index is 3.03. The number of benzene rings is 1. The molecular formula is C11H10N4O3S. The van der Waals surface area contributed by atoms with Crippen LogP contribution in [0.5, 0.6) is 0 Å². The van der Waals surface area contributed by atoms with Gasteiger partial charge in [0.15, 0.2) is 0 Å². The van der Waals surface area contributed by atoms with Gasteiger partial charge in [0.05, 0.1) is 16.5 Å². The number of carbonyl (C=O) groups is 1. The number of nitro groups is 1. The van der Waals surface area contributed by atoms with Crippen molar-refractivity contribution in [1.82, 2.24) is 0 Å². The number of nitrogens with zero attached hydrogens (tertiary/aromatic N) is 2. The Morgan fingerprint density at radius 2 is 2.05 bits per heavy atom. The van der Waals surface area contributed by atoms with E-state index in [2.05, 4.69) is 10.2 Å². The van der Waals surface area contributed by atoms with E-state index in [0.717, 1.165) is 11.8 Å². The predicted octanol–water partition coefficient (Wildman–Crippen LogP) is 1.94. The number of non-ortho nitro benzene ring substituents is 1. The molecule has 0 aromatic heterocycles. The van der Waals surface area contributed by atoms with Crippen LogP contribution in [0.4, 0.5) is 11.4 Å². The average molecular weight is 278 g/mol. The smallest absolute Gasteiger partial charge is 0.278 e. The van der Waals surface area contributed by atoms with Crippen molar-refractivity contribution >= 4 is 29.0 Å². The summed E-state index contributed by atoms with van der Waals surface area (Å²) in [5.74, 6) is -0.825. The number of nitrogens with one attached hydrogen (secondary N) is 1. The largest absolute Gasteiger partial charge is 0.375 e. The summed E-state index contributed by atoms with van der Waals surface area (Å²) in [4.78, 5) is 24.1. The summed E-state index contributed by atoms with van der Waals surface area (Å²) < 4.78 is 0. The highest BCUT2D eigenvalue weighted by atomic mass is 32.2. The van der Waals surface area contributed by atoms with Gasteiger partial charge in [-0.3, -0.25) is 14.9 Å². The van der Waals surface area contributed by atoms with Crippen molar-refractivity contribution in [3.8, 4) is 0 Å². The van der Waals surface area contributed by atoms with Crippen LogP contribution < -0.4 is 11.1 Å². The van der Waals surface area contributed by atoms with Crippen LogP contribution in [0.25, 0.3) is 4.85 Å². The fourth-order valence-electron chi connectivity index (χ4n) is 1.22. The van der Waals surface area contributed by atoms with E-state index in [-0.39, 0.29) is 11.4 Å². The lowest BCUT2D eigenvalue weighted by Gasteiger charge is -2.09. The Morgan fingerprint density at radius 3 is 2.42 bits per heavy atom. The lowest BCUT2D eigenvalue weighted by molar-refractivity contribution is -0.384. The first-order valence-corrected chi connectivity index (χ1v) is 6.19. The first-order valence-electron chi connectivity index (χ1n) is 4.96. The Bertz CT molecular complexity index is 575. The molecule has 0 saturated heterocycles. The molecule has 0 fully saturated rings. The molecule has 3 N–H and O–H groups in total. The molecule has 0 heterocycles. The van der Waals surface area contributed by atoms with E-state index in [1.54, 1.807) is 6.26 Å². The minimum atomic E-state index is -0.825. The standard InChI is InChI=1S/C11H10N4O3S/c1-13-9(10(12)16)11(19-2)14-7-3-5-8(6-4-7)15(17)18/h3-6,14H,2H3,(H2,12,16)/b11-9+. The van der Waals surface area contributed by atoms with Crippen LogP contribution in [0.2, 0.25) is 0 Å². The Labute approximate surface area is 113 Å². The molecule has 0 saturated carbocycles. The van der Waals surface area contributed by atoms with Gasteiger partial charge < -0.3 is 11.1 Å². The number of nitro benzene ring substituents is 1. The second-order valence-electron chi connectivity index (χ2n) is 3.29. The molecule has 8 heteroatoms. The lowest BCUT2D eigenvalue weighted by atomic mass is 10.3. The van der Waals surface area contributed by atoms with Gasteiger partial charge in [-0.05, 0) is 18.4 Å². The monoisotopic (exact) mass is 278 g/mol. The van der Waals surface area contributed by atoms with Crippen molar-refractivity contribution < 1.29 is 9.72 Å². The van der Waals surface area contributed by atoms with E-state index in [0.29, 0.717) is 10.7 Å². The molecule has 1 aromatic rings. The van der Waals surface area contributed by atoms with Crippen molar-refractivity contribution in [2.24, 2.45) is 5.73 Å². The van der Waals surface area contributed by atoms with E-state index in [1.807, 2.05) is 0 Å². The Morgan fingerprint density at radius 1 is 1.47 bits per heavy atom. The normalized spacial score (nSPS) is 11.2. The maximum atomic E-state index is 11.1. The molecule has 0 bridgehead atoms. The van der Waals surface area contributed by atoms with Gasteiger partial charge in [-0.25, -0.2) is 4.85 Å². The minimum absolute atomic E-state index is 0.0412. The van der Waals surface area contributed by atoms with Crippen LogP contribution in [-0.2, 0) is 4.79 Å². The van der Waals surface area contributed by atoms with Crippen molar-refractivity contribution in [2.75, 3.05) is 11.6 Å². The highest BCUT2D eigenvalue weighted by molar-refractivity contribution is 8.02. The summed E-state index contributed by atoms with van der Waals surface area (Å²) in [6.07, 6.45) is 1.68. The molecule has 1 aromatic carbocycles. The number of carbonyl (C=O) groups excluding carboxylic acids is 1. The van der Waals surface area contributed by atoms with Crippen molar-refractivity contribution in [3.63, 3.8) is 0 Å². The maximum Gasteiger partial charge on any atom is 0.278 e. The molecule has 1 amide bonds. The SMILES string of the molecule is [C-]#[N+]/C(C(N)=O)=C(\Nc1ccc([N+](=O)[O-])cc1)SC. The van der Waals surface area contributed by atoms with Crippen LogP contribution in [0.3, 0.4) is 0 Å². The van der Waals surface area contributed by atoms with Gasteiger partial charge in [0.1, 0.15) is 0 Å².